The van der Waals surface area contributed by atoms with Crippen molar-refractivity contribution in [1.82, 2.24) is 9.80 Å². The van der Waals surface area contributed by atoms with E-state index in [1.165, 1.54) is 64.8 Å². The zero-order valence-corrected chi connectivity index (χ0v) is 13.4. The Morgan fingerprint density at radius 3 is 2.21 bits per heavy atom. The highest BCUT2D eigenvalue weighted by atomic mass is 15.2. The minimum Gasteiger partial charge on any atom is -0.330 e. The summed E-state index contributed by atoms with van der Waals surface area (Å²) in [6.07, 6.45) is 6.78. The molecule has 0 heterocycles. The largest absolute Gasteiger partial charge is 0.330 e. The van der Waals surface area contributed by atoms with Gasteiger partial charge in [0.05, 0.1) is 0 Å². The highest BCUT2D eigenvalue weighted by Gasteiger charge is 2.28. The molecule has 0 radical (unpaired) electrons. The maximum absolute atomic E-state index is 5.97. The Morgan fingerprint density at radius 1 is 0.947 bits per heavy atom. The molecule has 114 valence electrons. The Kier molecular flexibility index (Phi) is 8.67. The van der Waals surface area contributed by atoms with E-state index >= 15 is 0 Å². The van der Waals surface area contributed by atoms with E-state index in [0.29, 0.717) is 0 Å². The third-order valence-electron chi connectivity index (χ3n) is 4.86. The standard InChI is InChI=1S/C16H35N3/c1-4-18(5-2)12-9-13-19(6-3)16-11-8-7-10-15(16)14-17/h15-16H,4-14,17H2,1-3H3. The topological polar surface area (TPSA) is 32.5 Å². The van der Waals surface area contributed by atoms with Crippen molar-refractivity contribution in [2.75, 3.05) is 39.3 Å². The molecule has 0 aromatic carbocycles. The lowest BCUT2D eigenvalue weighted by Gasteiger charge is -2.39. The molecule has 0 aromatic rings. The van der Waals surface area contributed by atoms with Crippen molar-refractivity contribution >= 4 is 0 Å². The van der Waals surface area contributed by atoms with Crippen LogP contribution in [0.3, 0.4) is 0 Å². The van der Waals surface area contributed by atoms with Crippen LogP contribution in [0.4, 0.5) is 0 Å². The van der Waals surface area contributed by atoms with Crippen molar-refractivity contribution in [3.63, 3.8) is 0 Å². The molecule has 0 aromatic heterocycles. The van der Waals surface area contributed by atoms with Gasteiger partial charge in [-0.3, -0.25) is 0 Å². The maximum atomic E-state index is 5.97. The predicted octanol–water partition coefficient (Wildman–Crippen LogP) is 2.56. The van der Waals surface area contributed by atoms with Crippen LogP contribution in [0.2, 0.25) is 0 Å². The van der Waals surface area contributed by atoms with Gasteiger partial charge < -0.3 is 15.5 Å². The Labute approximate surface area is 120 Å². The minimum absolute atomic E-state index is 0.738. The monoisotopic (exact) mass is 269 g/mol. The first kappa shape index (κ1) is 16.9. The van der Waals surface area contributed by atoms with Gasteiger partial charge in [-0.15, -0.1) is 0 Å². The lowest BCUT2D eigenvalue weighted by Crippen LogP contribution is -2.46. The third-order valence-corrected chi connectivity index (χ3v) is 4.86. The quantitative estimate of drug-likeness (QED) is 0.698. The second-order valence-electron chi connectivity index (χ2n) is 5.86. The number of hydrogen-bond donors (Lipinski definition) is 1. The van der Waals surface area contributed by atoms with Crippen LogP contribution in [0.15, 0.2) is 0 Å². The van der Waals surface area contributed by atoms with Gasteiger partial charge in [-0.1, -0.05) is 33.6 Å². The van der Waals surface area contributed by atoms with Crippen molar-refractivity contribution < 1.29 is 0 Å². The van der Waals surface area contributed by atoms with E-state index in [1.807, 2.05) is 0 Å². The summed E-state index contributed by atoms with van der Waals surface area (Å²) >= 11 is 0. The molecule has 2 N–H and O–H groups in total. The van der Waals surface area contributed by atoms with Gasteiger partial charge in [-0.25, -0.2) is 0 Å². The summed E-state index contributed by atoms with van der Waals surface area (Å²) in [5, 5.41) is 0. The second-order valence-corrected chi connectivity index (χ2v) is 5.86. The maximum Gasteiger partial charge on any atom is 0.0135 e. The lowest BCUT2D eigenvalue weighted by molar-refractivity contribution is 0.107. The Bertz CT molecular complexity index is 216. The molecule has 3 heteroatoms. The zero-order valence-electron chi connectivity index (χ0n) is 13.4. The van der Waals surface area contributed by atoms with Crippen LogP contribution < -0.4 is 5.73 Å². The summed E-state index contributed by atoms with van der Waals surface area (Å²) in [6, 6.07) is 0.750. The van der Waals surface area contributed by atoms with Crippen LogP contribution in [0.25, 0.3) is 0 Å². The minimum atomic E-state index is 0.738. The average molecular weight is 269 g/mol. The molecule has 1 rings (SSSR count). The molecular weight excluding hydrogens is 234 g/mol. The summed E-state index contributed by atoms with van der Waals surface area (Å²) in [5.41, 5.74) is 5.97. The van der Waals surface area contributed by atoms with Crippen LogP contribution in [0.1, 0.15) is 52.9 Å². The molecule has 0 aliphatic heterocycles. The number of hydrogen-bond acceptors (Lipinski definition) is 3. The second kappa shape index (κ2) is 9.73. The van der Waals surface area contributed by atoms with Crippen LogP contribution in [0.5, 0.6) is 0 Å². The normalized spacial score (nSPS) is 24.3. The summed E-state index contributed by atoms with van der Waals surface area (Å²) in [5.74, 6) is 0.738. The fraction of sp³-hybridized carbons (Fsp3) is 1.00. The number of nitrogens with zero attached hydrogens (tertiary/aromatic N) is 2. The first-order valence-corrected chi connectivity index (χ1v) is 8.43. The number of rotatable bonds is 9. The van der Waals surface area contributed by atoms with Gasteiger partial charge in [-0.2, -0.15) is 0 Å². The molecule has 0 spiro atoms. The van der Waals surface area contributed by atoms with Gasteiger partial charge in [0.25, 0.3) is 0 Å². The Balaban J connectivity index is 2.38. The molecule has 0 bridgehead atoms. The zero-order chi connectivity index (χ0) is 14.1. The van der Waals surface area contributed by atoms with Gasteiger partial charge in [0.2, 0.25) is 0 Å². The third kappa shape index (κ3) is 5.41. The fourth-order valence-electron chi connectivity index (χ4n) is 3.54. The highest BCUT2D eigenvalue weighted by molar-refractivity contribution is 4.83. The SMILES string of the molecule is CCN(CC)CCCN(CC)C1CCCCC1CN. The predicted molar refractivity (Wildman–Crippen MR) is 84.5 cm³/mol. The van der Waals surface area contributed by atoms with E-state index in [-0.39, 0.29) is 0 Å². The van der Waals surface area contributed by atoms with Gasteiger partial charge >= 0.3 is 0 Å². The summed E-state index contributed by atoms with van der Waals surface area (Å²) in [4.78, 5) is 5.22. The first-order chi connectivity index (χ1) is 9.26. The van der Waals surface area contributed by atoms with E-state index in [4.69, 9.17) is 5.73 Å². The van der Waals surface area contributed by atoms with Gasteiger partial charge in [0.15, 0.2) is 0 Å². The van der Waals surface area contributed by atoms with E-state index in [0.717, 1.165) is 18.5 Å². The molecular formula is C16H35N3. The molecule has 1 aliphatic rings. The van der Waals surface area contributed by atoms with Crippen LogP contribution >= 0.6 is 0 Å². The smallest absolute Gasteiger partial charge is 0.0135 e. The fourth-order valence-corrected chi connectivity index (χ4v) is 3.54. The summed E-state index contributed by atoms with van der Waals surface area (Å²) in [7, 11) is 0. The van der Waals surface area contributed by atoms with E-state index in [1.54, 1.807) is 0 Å². The molecule has 1 saturated carbocycles. The number of nitrogens with two attached hydrogens (primary N) is 1. The molecule has 1 aliphatic carbocycles. The van der Waals surface area contributed by atoms with Crippen molar-refractivity contribution in [2.24, 2.45) is 11.7 Å². The molecule has 1 fully saturated rings. The molecule has 2 atom stereocenters. The van der Waals surface area contributed by atoms with E-state index < -0.39 is 0 Å². The van der Waals surface area contributed by atoms with Gasteiger partial charge in [-0.05, 0) is 64.4 Å². The molecule has 3 nitrogen and oxygen atoms in total. The molecule has 0 amide bonds. The van der Waals surface area contributed by atoms with Crippen LogP contribution in [-0.2, 0) is 0 Å². The molecule has 2 unspecified atom stereocenters. The van der Waals surface area contributed by atoms with E-state index in [9.17, 15) is 0 Å². The molecule has 19 heavy (non-hydrogen) atoms. The summed E-state index contributed by atoms with van der Waals surface area (Å²) in [6.45, 7) is 13.7. The average Bonchev–Trinajstić information content (AvgIpc) is 2.48. The Hall–Kier alpha value is -0.120. The molecule has 0 saturated heterocycles. The van der Waals surface area contributed by atoms with Gasteiger partial charge in [0.1, 0.15) is 0 Å². The van der Waals surface area contributed by atoms with Crippen molar-refractivity contribution in [3.05, 3.63) is 0 Å². The van der Waals surface area contributed by atoms with Crippen LogP contribution in [-0.4, -0.2) is 55.1 Å². The first-order valence-electron chi connectivity index (χ1n) is 8.43. The van der Waals surface area contributed by atoms with Crippen molar-refractivity contribution in [1.29, 1.82) is 0 Å². The van der Waals surface area contributed by atoms with Crippen LogP contribution in [0, 0.1) is 5.92 Å². The van der Waals surface area contributed by atoms with Gasteiger partial charge in [0, 0.05) is 6.04 Å². The summed E-state index contributed by atoms with van der Waals surface area (Å²) < 4.78 is 0. The Morgan fingerprint density at radius 2 is 1.63 bits per heavy atom. The van der Waals surface area contributed by atoms with Crippen molar-refractivity contribution in [2.45, 2.75) is 58.9 Å². The van der Waals surface area contributed by atoms with Crippen molar-refractivity contribution in [3.8, 4) is 0 Å². The van der Waals surface area contributed by atoms with E-state index in [2.05, 4.69) is 30.6 Å². The highest BCUT2D eigenvalue weighted by Crippen LogP contribution is 2.27. The lowest BCUT2D eigenvalue weighted by atomic mass is 9.83.